The van der Waals surface area contributed by atoms with E-state index in [1.807, 2.05) is 32.0 Å². The molecule has 21 heavy (non-hydrogen) atoms. The Labute approximate surface area is 133 Å². The summed E-state index contributed by atoms with van der Waals surface area (Å²) in [6, 6.07) is 2.92. The van der Waals surface area contributed by atoms with E-state index in [0.717, 1.165) is 16.4 Å². The molecule has 0 aliphatic rings. The Bertz CT molecular complexity index is 599. The first kappa shape index (κ1) is 17.4. The Morgan fingerprint density at radius 3 is 2.57 bits per heavy atom. The lowest BCUT2D eigenvalue weighted by Gasteiger charge is -2.13. The number of anilines is 2. The summed E-state index contributed by atoms with van der Waals surface area (Å²) in [4.78, 5) is 23.1. The Kier molecular flexibility index (Phi) is 6.07. The third kappa shape index (κ3) is 4.13. The molecule has 0 aliphatic carbocycles. The number of hydrogen-bond donors (Lipinski definition) is 2. The van der Waals surface area contributed by atoms with Gasteiger partial charge in [0.25, 0.3) is 0 Å². The van der Waals surface area contributed by atoms with E-state index in [1.54, 1.807) is 17.8 Å². The quantitative estimate of drug-likeness (QED) is 0.897. The summed E-state index contributed by atoms with van der Waals surface area (Å²) in [5, 5.41) is 2.76. The molecule has 2 aromatic rings. The molecule has 114 valence electrons. The highest BCUT2D eigenvalue weighted by atomic mass is 35.5. The van der Waals surface area contributed by atoms with Crippen LogP contribution in [0.25, 0.3) is 0 Å². The molecule has 6 nitrogen and oxygen atoms in total. The standard InChI is InChI=1S/C13H17N5OS.ClH/c1-8-12(20-7-16-8)11(14)13(19)17-9-4-5-10(15-6-9)18(2)3;/h4-7,11H,14H2,1-3H3,(H,17,19);1H. The lowest BCUT2D eigenvalue weighted by atomic mass is 10.2. The molecule has 0 aromatic carbocycles. The van der Waals surface area contributed by atoms with Crippen molar-refractivity contribution in [1.82, 2.24) is 9.97 Å². The zero-order valence-electron chi connectivity index (χ0n) is 12.0. The van der Waals surface area contributed by atoms with Crippen molar-refractivity contribution in [2.24, 2.45) is 5.73 Å². The number of thiazole rings is 1. The molecule has 0 fully saturated rings. The molecule has 1 atom stereocenters. The third-order valence-corrected chi connectivity index (χ3v) is 3.84. The van der Waals surface area contributed by atoms with Crippen LogP contribution in [-0.4, -0.2) is 30.0 Å². The van der Waals surface area contributed by atoms with Crippen molar-refractivity contribution in [2.45, 2.75) is 13.0 Å². The van der Waals surface area contributed by atoms with Crippen LogP contribution in [0.3, 0.4) is 0 Å². The second kappa shape index (κ2) is 7.35. The van der Waals surface area contributed by atoms with Gasteiger partial charge in [-0.1, -0.05) is 0 Å². The third-order valence-electron chi connectivity index (χ3n) is 2.82. The van der Waals surface area contributed by atoms with E-state index in [0.29, 0.717) is 5.69 Å². The zero-order chi connectivity index (χ0) is 14.7. The summed E-state index contributed by atoms with van der Waals surface area (Å²) in [5.74, 6) is 0.558. The number of carbonyl (C=O) groups is 1. The number of nitrogens with two attached hydrogens (primary N) is 1. The molecule has 3 N–H and O–H groups in total. The molecule has 2 rings (SSSR count). The van der Waals surface area contributed by atoms with Crippen LogP contribution in [0, 0.1) is 6.92 Å². The molecular formula is C13H18ClN5OS. The van der Waals surface area contributed by atoms with E-state index in [9.17, 15) is 4.79 Å². The highest BCUT2D eigenvalue weighted by molar-refractivity contribution is 7.10. The topological polar surface area (TPSA) is 84.1 Å². The van der Waals surface area contributed by atoms with E-state index >= 15 is 0 Å². The fourth-order valence-electron chi connectivity index (χ4n) is 1.67. The van der Waals surface area contributed by atoms with Crippen LogP contribution in [0.2, 0.25) is 0 Å². The minimum Gasteiger partial charge on any atom is -0.363 e. The molecule has 1 unspecified atom stereocenters. The molecule has 0 saturated carbocycles. The Balaban J connectivity index is 0.00000220. The van der Waals surface area contributed by atoms with Gasteiger partial charge in [0.2, 0.25) is 5.91 Å². The van der Waals surface area contributed by atoms with Crippen molar-refractivity contribution in [2.75, 3.05) is 24.3 Å². The predicted octanol–water partition coefficient (Wildman–Crippen LogP) is 1.97. The number of rotatable bonds is 4. The monoisotopic (exact) mass is 327 g/mol. The van der Waals surface area contributed by atoms with Crippen LogP contribution < -0.4 is 16.0 Å². The van der Waals surface area contributed by atoms with Crippen LogP contribution in [0.15, 0.2) is 23.8 Å². The summed E-state index contributed by atoms with van der Waals surface area (Å²) in [7, 11) is 3.81. The van der Waals surface area contributed by atoms with Gasteiger partial charge in [-0.3, -0.25) is 4.79 Å². The summed E-state index contributed by atoms with van der Waals surface area (Å²) in [6.07, 6.45) is 1.61. The van der Waals surface area contributed by atoms with Crippen molar-refractivity contribution >= 4 is 41.2 Å². The maximum Gasteiger partial charge on any atom is 0.246 e. The van der Waals surface area contributed by atoms with Crippen molar-refractivity contribution < 1.29 is 4.79 Å². The second-order valence-corrected chi connectivity index (χ2v) is 5.45. The highest BCUT2D eigenvalue weighted by Gasteiger charge is 2.19. The Hall–Kier alpha value is -1.70. The van der Waals surface area contributed by atoms with Crippen molar-refractivity contribution in [3.63, 3.8) is 0 Å². The van der Waals surface area contributed by atoms with Crippen molar-refractivity contribution in [3.8, 4) is 0 Å². The maximum atomic E-state index is 12.1. The summed E-state index contributed by atoms with van der Waals surface area (Å²) in [6.45, 7) is 1.84. The second-order valence-electron chi connectivity index (χ2n) is 4.57. The zero-order valence-corrected chi connectivity index (χ0v) is 13.7. The van der Waals surface area contributed by atoms with Gasteiger partial charge in [-0.05, 0) is 19.1 Å². The molecule has 2 heterocycles. The number of nitrogens with zero attached hydrogens (tertiary/aromatic N) is 3. The minimum absolute atomic E-state index is 0. The number of halogens is 1. The van der Waals surface area contributed by atoms with Gasteiger partial charge in [0.15, 0.2) is 0 Å². The first-order valence-corrected chi connectivity index (χ1v) is 6.97. The SMILES string of the molecule is Cc1ncsc1C(N)C(=O)Nc1ccc(N(C)C)nc1.Cl. The molecule has 8 heteroatoms. The van der Waals surface area contributed by atoms with Gasteiger partial charge in [-0.2, -0.15) is 0 Å². The molecule has 0 saturated heterocycles. The average molecular weight is 328 g/mol. The van der Waals surface area contributed by atoms with E-state index in [4.69, 9.17) is 5.73 Å². The molecule has 2 aromatic heterocycles. The first-order valence-electron chi connectivity index (χ1n) is 6.09. The average Bonchev–Trinajstić information content (AvgIpc) is 2.84. The fraction of sp³-hybridized carbons (Fsp3) is 0.308. The predicted molar refractivity (Wildman–Crippen MR) is 88.2 cm³/mol. The lowest BCUT2D eigenvalue weighted by molar-refractivity contribution is -0.117. The fourth-order valence-corrected chi connectivity index (χ4v) is 2.47. The molecular weight excluding hydrogens is 310 g/mol. The number of amides is 1. The summed E-state index contributed by atoms with van der Waals surface area (Å²) >= 11 is 1.38. The van der Waals surface area contributed by atoms with Crippen LogP contribution in [0.1, 0.15) is 16.6 Å². The lowest BCUT2D eigenvalue weighted by Crippen LogP contribution is -2.27. The van der Waals surface area contributed by atoms with Crippen LogP contribution in [-0.2, 0) is 4.79 Å². The van der Waals surface area contributed by atoms with E-state index < -0.39 is 6.04 Å². The van der Waals surface area contributed by atoms with Gasteiger partial charge >= 0.3 is 0 Å². The maximum absolute atomic E-state index is 12.1. The van der Waals surface area contributed by atoms with Gasteiger partial charge in [0, 0.05) is 14.1 Å². The smallest absolute Gasteiger partial charge is 0.246 e. The van der Waals surface area contributed by atoms with Crippen molar-refractivity contribution in [1.29, 1.82) is 0 Å². The highest BCUT2D eigenvalue weighted by Crippen LogP contribution is 2.21. The van der Waals surface area contributed by atoms with Crippen LogP contribution >= 0.6 is 23.7 Å². The van der Waals surface area contributed by atoms with Crippen LogP contribution in [0.4, 0.5) is 11.5 Å². The number of pyridine rings is 1. The van der Waals surface area contributed by atoms with E-state index in [2.05, 4.69) is 15.3 Å². The van der Waals surface area contributed by atoms with Gasteiger partial charge in [0.05, 0.1) is 28.0 Å². The normalized spacial score (nSPS) is 11.4. The number of aromatic nitrogens is 2. The molecule has 0 bridgehead atoms. The molecule has 1 amide bonds. The van der Waals surface area contributed by atoms with E-state index in [-0.39, 0.29) is 18.3 Å². The number of carbonyl (C=O) groups excluding carboxylic acids is 1. The molecule has 0 aliphatic heterocycles. The van der Waals surface area contributed by atoms with E-state index in [1.165, 1.54) is 11.3 Å². The minimum atomic E-state index is -0.712. The number of hydrogen-bond acceptors (Lipinski definition) is 6. The van der Waals surface area contributed by atoms with Gasteiger partial charge in [0.1, 0.15) is 11.9 Å². The number of aryl methyl sites for hydroxylation is 1. The Morgan fingerprint density at radius 2 is 2.10 bits per heavy atom. The van der Waals surface area contributed by atoms with Crippen LogP contribution in [0.5, 0.6) is 0 Å². The van der Waals surface area contributed by atoms with Gasteiger partial charge in [-0.25, -0.2) is 9.97 Å². The summed E-state index contributed by atoms with van der Waals surface area (Å²) < 4.78 is 0. The van der Waals surface area contributed by atoms with Gasteiger partial charge < -0.3 is 16.0 Å². The summed E-state index contributed by atoms with van der Waals surface area (Å²) in [5.41, 5.74) is 9.04. The first-order chi connectivity index (χ1) is 9.49. The largest absolute Gasteiger partial charge is 0.363 e. The Morgan fingerprint density at radius 1 is 1.38 bits per heavy atom. The molecule has 0 spiro atoms. The number of nitrogens with one attached hydrogen (secondary N) is 1. The van der Waals surface area contributed by atoms with Crippen molar-refractivity contribution in [3.05, 3.63) is 34.4 Å². The molecule has 0 radical (unpaired) electrons. The van der Waals surface area contributed by atoms with Gasteiger partial charge in [-0.15, -0.1) is 23.7 Å².